The van der Waals surface area contributed by atoms with Gasteiger partial charge in [0, 0.05) is 5.92 Å². The van der Waals surface area contributed by atoms with E-state index in [0.717, 1.165) is 0 Å². The molecule has 0 aliphatic rings. The van der Waals surface area contributed by atoms with Gasteiger partial charge in [0.05, 0.1) is 6.61 Å². The van der Waals surface area contributed by atoms with E-state index in [9.17, 15) is 4.79 Å². The molecule has 5 heteroatoms. The third-order valence-electron chi connectivity index (χ3n) is 1.63. The molecule has 0 bridgehead atoms. The summed E-state index contributed by atoms with van der Waals surface area (Å²) >= 11 is 0. The predicted molar refractivity (Wildman–Crippen MR) is 51.0 cm³/mol. The van der Waals surface area contributed by atoms with Crippen molar-refractivity contribution in [3.05, 3.63) is 11.6 Å². The maximum Gasteiger partial charge on any atom is 0.362 e. The molecule has 0 saturated carbocycles. The third-order valence-corrected chi connectivity index (χ3v) is 1.63. The number of rotatable bonds is 3. The highest BCUT2D eigenvalue weighted by Gasteiger charge is 2.20. The Kier molecular flexibility index (Phi) is 3.11. The highest BCUT2D eigenvalue weighted by Crippen LogP contribution is 2.20. The SMILES string of the molecule is CCOC(=O)c1nc(C(C)C)oc1N. The number of nitrogens with zero attached hydrogens (tertiary/aromatic N) is 1. The topological polar surface area (TPSA) is 78.3 Å². The number of aromatic nitrogens is 1. The van der Waals surface area contributed by atoms with Crippen LogP contribution >= 0.6 is 0 Å². The summed E-state index contributed by atoms with van der Waals surface area (Å²) < 4.78 is 9.87. The molecule has 5 nitrogen and oxygen atoms in total. The maximum absolute atomic E-state index is 11.3. The normalized spacial score (nSPS) is 10.6. The van der Waals surface area contributed by atoms with Gasteiger partial charge in [-0.05, 0) is 6.92 Å². The zero-order valence-corrected chi connectivity index (χ0v) is 8.53. The monoisotopic (exact) mass is 198 g/mol. The van der Waals surface area contributed by atoms with Crippen molar-refractivity contribution in [1.82, 2.24) is 4.98 Å². The van der Waals surface area contributed by atoms with Gasteiger partial charge in [-0.2, -0.15) is 0 Å². The molecule has 1 heterocycles. The van der Waals surface area contributed by atoms with Crippen LogP contribution < -0.4 is 5.73 Å². The Balaban J connectivity index is 2.92. The van der Waals surface area contributed by atoms with Gasteiger partial charge in [-0.1, -0.05) is 13.8 Å². The van der Waals surface area contributed by atoms with Gasteiger partial charge in [0.25, 0.3) is 0 Å². The van der Waals surface area contributed by atoms with Crippen molar-refractivity contribution in [3.63, 3.8) is 0 Å². The van der Waals surface area contributed by atoms with E-state index >= 15 is 0 Å². The number of hydrogen-bond acceptors (Lipinski definition) is 5. The van der Waals surface area contributed by atoms with Crippen LogP contribution in [0.4, 0.5) is 5.88 Å². The highest BCUT2D eigenvalue weighted by atomic mass is 16.5. The standard InChI is InChI=1S/C9H14N2O3/c1-4-13-9(12)6-7(10)14-8(11-6)5(2)3/h5H,4,10H2,1-3H3. The molecule has 0 amide bonds. The summed E-state index contributed by atoms with van der Waals surface area (Å²) in [6, 6.07) is 0. The van der Waals surface area contributed by atoms with Crippen molar-refractivity contribution in [2.75, 3.05) is 12.3 Å². The lowest BCUT2D eigenvalue weighted by Crippen LogP contribution is -2.07. The molecule has 0 atom stereocenters. The van der Waals surface area contributed by atoms with Gasteiger partial charge in [-0.15, -0.1) is 0 Å². The van der Waals surface area contributed by atoms with E-state index in [4.69, 9.17) is 14.9 Å². The summed E-state index contributed by atoms with van der Waals surface area (Å²) in [5.41, 5.74) is 5.55. The number of nitrogen functional groups attached to an aromatic ring is 1. The first-order valence-corrected chi connectivity index (χ1v) is 4.49. The van der Waals surface area contributed by atoms with Crippen LogP contribution in [-0.2, 0) is 4.74 Å². The minimum absolute atomic E-state index is 0.0205. The Morgan fingerprint density at radius 3 is 2.71 bits per heavy atom. The van der Waals surface area contributed by atoms with Crippen molar-refractivity contribution in [2.45, 2.75) is 26.7 Å². The fraction of sp³-hybridized carbons (Fsp3) is 0.556. The van der Waals surface area contributed by atoms with Crippen LogP contribution in [0.3, 0.4) is 0 Å². The fourth-order valence-electron chi connectivity index (χ4n) is 0.942. The highest BCUT2D eigenvalue weighted by molar-refractivity contribution is 5.91. The van der Waals surface area contributed by atoms with E-state index in [1.165, 1.54) is 0 Å². The largest absolute Gasteiger partial charge is 0.461 e. The molecule has 78 valence electrons. The molecule has 0 spiro atoms. The van der Waals surface area contributed by atoms with Gasteiger partial charge < -0.3 is 14.9 Å². The van der Waals surface area contributed by atoms with Gasteiger partial charge >= 0.3 is 5.97 Å². The third kappa shape index (κ3) is 2.04. The van der Waals surface area contributed by atoms with Crippen molar-refractivity contribution in [3.8, 4) is 0 Å². The first-order chi connectivity index (χ1) is 6.56. The van der Waals surface area contributed by atoms with Crippen LogP contribution in [0.1, 0.15) is 43.1 Å². The number of esters is 1. The van der Waals surface area contributed by atoms with Crippen molar-refractivity contribution in [1.29, 1.82) is 0 Å². The fourth-order valence-corrected chi connectivity index (χ4v) is 0.942. The summed E-state index contributed by atoms with van der Waals surface area (Å²) in [4.78, 5) is 15.2. The lowest BCUT2D eigenvalue weighted by atomic mass is 10.2. The number of hydrogen-bond donors (Lipinski definition) is 1. The zero-order valence-electron chi connectivity index (χ0n) is 8.53. The summed E-state index contributed by atoms with van der Waals surface area (Å²) in [5, 5.41) is 0. The van der Waals surface area contributed by atoms with Gasteiger partial charge in [0.15, 0.2) is 5.89 Å². The van der Waals surface area contributed by atoms with Crippen molar-refractivity contribution in [2.24, 2.45) is 0 Å². The molecule has 0 radical (unpaired) electrons. The predicted octanol–water partition coefficient (Wildman–Crippen LogP) is 1.56. The molecule has 0 unspecified atom stereocenters. The second-order valence-electron chi connectivity index (χ2n) is 3.14. The van der Waals surface area contributed by atoms with E-state index in [1.54, 1.807) is 6.92 Å². The smallest absolute Gasteiger partial charge is 0.362 e. The number of oxazole rings is 1. The van der Waals surface area contributed by atoms with Crippen LogP contribution in [0.2, 0.25) is 0 Å². The van der Waals surface area contributed by atoms with Gasteiger partial charge in [0.1, 0.15) is 0 Å². The molecule has 1 aromatic heterocycles. The number of carbonyl (C=O) groups is 1. The summed E-state index contributed by atoms with van der Waals surface area (Å²) in [6.07, 6.45) is 0. The molecular formula is C9H14N2O3. The first-order valence-electron chi connectivity index (χ1n) is 4.49. The minimum Gasteiger partial charge on any atom is -0.461 e. The quantitative estimate of drug-likeness (QED) is 0.745. The molecular weight excluding hydrogens is 184 g/mol. The summed E-state index contributed by atoms with van der Waals surface area (Å²) in [7, 11) is 0. The van der Waals surface area contributed by atoms with Crippen LogP contribution in [0.5, 0.6) is 0 Å². The summed E-state index contributed by atoms with van der Waals surface area (Å²) in [6.45, 7) is 5.82. The Labute approximate surface area is 82.2 Å². The Morgan fingerprint density at radius 1 is 1.64 bits per heavy atom. The van der Waals surface area contributed by atoms with Gasteiger partial charge in [-0.3, -0.25) is 0 Å². The molecule has 0 fully saturated rings. The molecule has 0 saturated heterocycles. The first kappa shape index (κ1) is 10.6. The van der Waals surface area contributed by atoms with Crippen LogP contribution in [-0.4, -0.2) is 17.6 Å². The molecule has 0 aliphatic heterocycles. The van der Waals surface area contributed by atoms with Crippen molar-refractivity contribution >= 4 is 11.9 Å². The lowest BCUT2D eigenvalue weighted by molar-refractivity contribution is 0.0521. The number of ether oxygens (including phenoxy) is 1. The molecule has 14 heavy (non-hydrogen) atoms. The van der Waals surface area contributed by atoms with E-state index in [2.05, 4.69) is 4.98 Å². The van der Waals surface area contributed by atoms with Gasteiger partial charge in [0.2, 0.25) is 11.6 Å². The second kappa shape index (κ2) is 4.13. The molecule has 2 N–H and O–H groups in total. The van der Waals surface area contributed by atoms with Crippen LogP contribution in [0, 0.1) is 0 Å². The van der Waals surface area contributed by atoms with E-state index in [0.29, 0.717) is 12.5 Å². The molecule has 0 aromatic carbocycles. The molecule has 1 aromatic rings. The van der Waals surface area contributed by atoms with E-state index in [1.807, 2.05) is 13.8 Å². The molecule has 1 rings (SSSR count). The average Bonchev–Trinajstić information content (AvgIpc) is 2.48. The number of nitrogens with two attached hydrogens (primary N) is 1. The zero-order chi connectivity index (χ0) is 10.7. The Bertz CT molecular complexity index is 331. The number of anilines is 1. The second-order valence-corrected chi connectivity index (χ2v) is 3.14. The van der Waals surface area contributed by atoms with Crippen LogP contribution in [0.25, 0.3) is 0 Å². The van der Waals surface area contributed by atoms with Crippen LogP contribution in [0.15, 0.2) is 4.42 Å². The lowest BCUT2D eigenvalue weighted by Gasteiger charge is -1.96. The van der Waals surface area contributed by atoms with E-state index < -0.39 is 5.97 Å². The minimum atomic E-state index is -0.541. The Hall–Kier alpha value is -1.52. The number of carbonyl (C=O) groups excluding carboxylic acids is 1. The van der Waals surface area contributed by atoms with Gasteiger partial charge in [-0.25, -0.2) is 9.78 Å². The maximum atomic E-state index is 11.3. The van der Waals surface area contributed by atoms with Crippen molar-refractivity contribution < 1.29 is 13.9 Å². The average molecular weight is 198 g/mol. The van der Waals surface area contributed by atoms with E-state index in [-0.39, 0.29) is 17.5 Å². The molecule has 0 aliphatic carbocycles. The Morgan fingerprint density at radius 2 is 2.29 bits per heavy atom. The summed E-state index contributed by atoms with van der Waals surface area (Å²) in [5.74, 6) is 0.0267.